The maximum atomic E-state index is 5.79. The summed E-state index contributed by atoms with van der Waals surface area (Å²) >= 11 is 0. The van der Waals surface area contributed by atoms with Crippen LogP contribution in [0, 0.1) is 23.7 Å². The Hall–Kier alpha value is -1.19. The average molecular weight is 258 g/mol. The highest BCUT2D eigenvalue weighted by atomic mass is 15.2. The number of nitrogens with zero attached hydrogens (tertiary/aromatic N) is 3. The lowest BCUT2D eigenvalue weighted by molar-refractivity contribution is -0.00461. The van der Waals surface area contributed by atoms with Gasteiger partial charge in [0, 0.05) is 5.92 Å². The van der Waals surface area contributed by atoms with Crippen molar-refractivity contribution in [1.82, 2.24) is 15.2 Å². The fraction of sp³-hybridized carbons (Fsp3) is 0.800. The number of aromatic nitrogens is 3. The summed E-state index contributed by atoms with van der Waals surface area (Å²) in [7, 11) is 0. The smallest absolute Gasteiger partial charge is 0.240 e. The molecule has 4 fully saturated rings. The van der Waals surface area contributed by atoms with Gasteiger partial charge in [0.2, 0.25) is 5.95 Å². The molecule has 1 aromatic heterocycles. The van der Waals surface area contributed by atoms with Crippen molar-refractivity contribution in [2.75, 3.05) is 5.73 Å². The summed E-state index contributed by atoms with van der Waals surface area (Å²) in [4.78, 5) is 4.59. The number of aryl methyl sites for hydroxylation is 1. The summed E-state index contributed by atoms with van der Waals surface area (Å²) in [5.41, 5.74) is 8.05. The van der Waals surface area contributed by atoms with Gasteiger partial charge in [0.15, 0.2) is 0 Å². The fourth-order valence-electron chi connectivity index (χ4n) is 5.26. The second kappa shape index (κ2) is 4.15. The molecule has 0 radical (unpaired) electrons. The van der Waals surface area contributed by atoms with Gasteiger partial charge in [0.25, 0.3) is 0 Å². The Bertz CT molecular complexity index is 471. The molecule has 1 heterocycles. The lowest BCUT2D eigenvalue weighted by Crippen LogP contribution is -2.44. The lowest BCUT2D eigenvalue weighted by Gasteiger charge is -2.54. The monoisotopic (exact) mass is 258 g/mol. The molecule has 1 aromatic rings. The molecule has 4 aliphatic rings. The van der Waals surface area contributed by atoms with E-state index < -0.39 is 0 Å². The van der Waals surface area contributed by atoms with Crippen molar-refractivity contribution in [3.8, 4) is 0 Å². The van der Waals surface area contributed by atoms with Crippen LogP contribution in [-0.2, 0) is 6.42 Å². The van der Waals surface area contributed by atoms with Crippen LogP contribution in [0.4, 0.5) is 5.95 Å². The number of nitrogen functional groups attached to an aromatic ring is 1. The van der Waals surface area contributed by atoms with E-state index in [1.165, 1.54) is 37.8 Å². The largest absolute Gasteiger partial charge is 0.366 e. The minimum Gasteiger partial charge on any atom is -0.366 e. The zero-order valence-corrected chi connectivity index (χ0v) is 11.5. The summed E-state index contributed by atoms with van der Waals surface area (Å²) in [6.45, 7) is 2.14. The minimum absolute atomic E-state index is 0.348. The maximum Gasteiger partial charge on any atom is 0.240 e. The van der Waals surface area contributed by atoms with Gasteiger partial charge in [0.05, 0.1) is 11.4 Å². The molecule has 102 valence electrons. The molecule has 4 heteroatoms. The van der Waals surface area contributed by atoms with Gasteiger partial charge in [-0.05, 0) is 62.2 Å². The predicted octanol–water partition coefficient (Wildman–Crippen LogP) is 2.56. The Morgan fingerprint density at radius 1 is 1.00 bits per heavy atom. The Labute approximate surface area is 114 Å². The first-order valence-corrected chi connectivity index (χ1v) is 7.73. The van der Waals surface area contributed by atoms with Gasteiger partial charge in [-0.15, -0.1) is 5.10 Å². The van der Waals surface area contributed by atoms with Gasteiger partial charge in [-0.1, -0.05) is 6.92 Å². The Morgan fingerprint density at radius 2 is 1.63 bits per heavy atom. The minimum atomic E-state index is 0.348. The molecule has 0 aromatic carbocycles. The molecule has 0 atom stereocenters. The average Bonchev–Trinajstić information content (AvgIpc) is 2.37. The van der Waals surface area contributed by atoms with E-state index in [0.717, 1.165) is 35.8 Å². The molecular formula is C15H22N4. The summed E-state index contributed by atoms with van der Waals surface area (Å²) in [5.74, 6) is 4.61. The number of anilines is 1. The zero-order chi connectivity index (χ0) is 13.0. The normalized spacial score (nSPS) is 39.7. The van der Waals surface area contributed by atoms with Crippen LogP contribution in [0.5, 0.6) is 0 Å². The maximum absolute atomic E-state index is 5.79. The number of nitrogens with two attached hydrogens (primary N) is 1. The quantitative estimate of drug-likeness (QED) is 0.885. The van der Waals surface area contributed by atoms with Crippen molar-refractivity contribution in [1.29, 1.82) is 0 Å². The van der Waals surface area contributed by atoms with E-state index in [2.05, 4.69) is 22.1 Å². The van der Waals surface area contributed by atoms with Gasteiger partial charge in [0.1, 0.15) is 0 Å². The van der Waals surface area contributed by atoms with Crippen LogP contribution in [0.15, 0.2) is 0 Å². The molecule has 0 saturated heterocycles. The molecule has 4 bridgehead atoms. The van der Waals surface area contributed by atoms with Crippen molar-refractivity contribution in [2.45, 2.75) is 51.4 Å². The summed E-state index contributed by atoms with van der Waals surface area (Å²) < 4.78 is 0. The third-order valence-corrected chi connectivity index (χ3v) is 5.68. The fourth-order valence-corrected chi connectivity index (χ4v) is 5.26. The van der Waals surface area contributed by atoms with Crippen LogP contribution in [-0.4, -0.2) is 15.2 Å². The Balaban J connectivity index is 1.74. The second-order valence-corrected chi connectivity index (χ2v) is 6.81. The molecule has 4 aliphatic carbocycles. The van der Waals surface area contributed by atoms with E-state index in [1.54, 1.807) is 0 Å². The van der Waals surface area contributed by atoms with E-state index in [4.69, 9.17) is 5.73 Å². The van der Waals surface area contributed by atoms with Crippen molar-refractivity contribution in [2.24, 2.45) is 23.7 Å². The van der Waals surface area contributed by atoms with E-state index in [0.29, 0.717) is 11.9 Å². The molecule has 0 spiro atoms. The summed E-state index contributed by atoms with van der Waals surface area (Å²) in [6.07, 6.45) is 8.04. The van der Waals surface area contributed by atoms with Gasteiger partial charge in [-0.25, -0.2) is 4.98 Å². The van der Waals surface area contributed by atoms with Gasteiger partial charge < -0.3 is 5.73 Å². The topological polar surface area (TPSA) is 64.7 Å². The third kappa shape index (κ3) is 1.76. The highest BCUT2D eigenvalue weighted by Crippen LogP contribution is 2.59. The first-order chi connectivity index (χ1) is 9.24. The number of hydrogen-bond donors (Lipinski definition) is 1. The van der Waals surface area contributed by atoms with Crippen molar-refractivity contribution >= 4 is 5.95 Å². The first-order valence-electron chi connectivity index (χ1n) is 7.73. The molecule has 0 aliphatic heterocycles. The van der Waals surface area contributed by atoms with E-state index in [-0.39, 0.29) is 0 Å². The van der Waals surface area contributed by atoms with Crippen LogP contribution < -0.4 is 5.73 Å². The zero-order valence-electron chi connectivity index (χ0n) is 11.5. The highest BCUT2D eigenvalue weighted by molar-refractivity contribution is 5.26. The highest BCUT2D eigenvalue weighted by Gasteiger charge is 2.49. The molecular weight excluding hydrogens is 236 g/mol. The van der Waals surface area contributed by atoms with Gasteiger partial charge in [-0.3, -0.25) is 0 Å². The van der Waals surface area contributed by atoms with Crippen LogP contribution in [0.25, 0.3) is 0 Å². The van der Waals surface area contributed by atoms with Crippen molar-refractivity contribution in [3.63, 3.8) is 0 Å². The van der Waals surface area contributed by atoms with Crippen molar-refractivity contribution < 1.29 is 0 Å². The molecule has 2 N–H and O–H groups in total. The van der Waals surface area contributed by atoms with Crippen LogP contribution in [0.2, 0.25) is 0 Å². The Kier molecular flexibility index (Phi) is 2.54. The number of hydrogen-bond acceptors (Lipinski definition) is 4. The second-order valence-electron chi connectivity index (χ2n) is 6.81. The van der Waals surface area contributed by atoms with E-state index in [1.807, 2.05) is 0 Å². The lowest BCUT2D eigenvalue weighted by atomic mass is 9.51. The van der Waals surface area contributed by atoms with Crippen molar-refractivity contribution in [3.05, 3.63) is 11.4 Å². The van der Waals surface area contributed by atoms with E-state index in [9.17, 15) is 0 Å². The predicted molar refractivity (Wildman–Crippen MR) is 73.4 cm³/mol. The molecule has 4 nitrogen and oxygen atoms in total. The Morgan fingerprint density at radius 3 is 2.21 bits per heavy atom. The molecule has 0 unspecified atom stereocenters. The number of rotatable bonds is 2. The molecule has 19 heavy (non-hydrogen) atoms. The van der Waals surface area contributed by atoms with Crippen LogP contribution >= 0.6 is 0 Å². The molecule has 5 rings (SSSR count). The van der Waals surface area contributed by atoms with E-state index >= 15 is 0 Å². The third-order valence-electron chi connectivity index (χ3n) is 5.68. The standard InChI is InChI=1S/C15H22N4/c1-2-12-14(17-15(16)19-18-12)13-10-4-8-3-9(6-10)7-11(13)5-8/h8-11,13H,2-7H2,1H3,(H2,16,17,19). The molecule has 0 amide bonds. The van der Waals surface area contributed by atoms with Gasteiger partial charge in [-0.2, -0.15) is 5.10 Å². The summed E-state index contributed by atoms with van der Waals surface area (Å²) in [6, 6.07) is 0. The van der Waals surface area contributed by atoms with Crippen LogP contribution in [0.3, 0.4) is 0 Å². The molecule has 4 saturated carbocycles. The van der Waals surface area contributed by atoms with Gasteiger partial charge >= 0.3 is 0 Å². The first kappa shape index (κ1) is 11.6. The summed E-state index contributed by atoms with van der Waals surface area (Å²) in [5, 5.41) is 8.23. The SMILES string of the molecule is CCc1nnc(N)nc1C1C2CC3CC(C2)CC1C3. The van der Waals surface area contributed by atoms with Crippen LogP contribution in [0.1, 0.15) is 56.3 Å².